The summed E-state index contributed by atoms with van der Waals surface area (Å²) in [5.74, 6) is -0.324. The Balaban J connectivity index is 2.48. The predicted octanol–water partition coefficient (Wildman–Crippen LogP) is 3.13. The number of benzene rings is 1. The molecule has 0 radical (unpaired) electrons. The third-order valence-corrected chi connectivity index (χ3v) is 3.63. The largest absolute Gasteiger partial charge is 0.341 e. The first-order valence-electron chi connectivity index (χ1n) is 5.07. The van der Waals surface area contributed by atoms with Crippen molar-refractivity contribution in [3.63, 3.8) is 0 Å². The van der Waals surface area contributed by atoms with Crippen molar-refractivity contribution in [3.8, 4) is 0 Å². The number of hydrogen-bond acceptors (Lipinski definition) is 2. The molecule has 1 aromatic carbocycles. The Morgan fingerprint density at radius 3 is 2.88 bits per heavy atom. The zero-order chi connectivity index (χ0) is 11.7. The molecule has 1 amide bonds. The molecule has 0 N–H and O–H groups in total. The second kappa shape index (κ2) is 4.22. The summed E-state index contributed by atoms with van der Waals surface area (Å²) in [5, 5.41) is 0.528. The minimum atomic E-state index is -0.271. The number of halogens is 1. The Morgan fingerprint density at radius 1 is 1.50 bits per heavy atom. The molecule has 2 rings (SSSR count). The summed E-state index contributed by atoms with van der Waals surface area (Å²) in [5.41, 5.74) is 0. The second-order valence-corrected chi connectivity index (χ2v) is 4.67. The smallest absolute Gasteiger partial charge is 0.263 e. The molecule has 84 valence electrons. The highest BCUT2D eigenvalue weighted by atomic mass is 32.1. The molecule has 2 nitrogen and oxygen atoms in total. The van der Waals surface area contributed by atoms with E-state index < -0.39 is 0 Å². The van der Waals surface area contributed by atoms with Gasteiger partial charge >= 0.3 is 0 Å². The van der Waals surface area contributed by atoms with Crippen LogP contribution in [-0.4, -0.2) is 24.4 Å². The number of fused-ring (bicyclic) bond motifs is 1. The first-order chi connectivity index (χ1) is 7.63. The zero-order valence-electron chi connectivity index (χ0n) is 9.16. The number of nitrogens with zero attached hydrogens (tertiary/aromatic N) is 1. The van der Waals surface area contributed by atoms with Crippen molar-refractivity contribution in [2.75, 3.05) is 13.6 Å². The van der Waals surface area contributed by atoms with Gasteiger partial charge in [0.1, 0.15) is 5.82 Å². The van der Waals surface area contributed by atoms with Crippen LogP contribution in [0.3, 0.4) is 0 Å². The molecule has 0 atom stereocenters. The molecule has 4 heteroatoms. The molecule has 0 bridgehead atoms. The van der Waals surface area contributed by atoms with Crippen LogP contribution in [0.25, 0.3) is 10.1 Å². The van der Waals surface area contributed by atoms with Gasteiger partial charge in [0, 0.05) is 23.7 Å². The van der Waals surface area contributed by atoms with Gasteiger partial charge in [-0.25, -0.2) is 4.39 Å². The third-order valence-electron chi connectivity index (χ3n) is 2.54. The number of hydrogen-bond donors (Lipinski definition) is 0. The fourth-order valence-electron chi connectivity index (χ4n) is 1.46. The van der Waals surface area contributed by atoms with Crippen LogP contribution in [0.4, 0.5) is 4.39 Å². The van der Waals surface area contributed by atoms with Crippen LogP contribution in [0.5, 0.6) is 0 Å². The first kappa shape index (κ1) is 11.1. The average Bonchev–Trinajstić information content (AvgIpc) is 2.72. The number of carbonyl (C=O) groups excluding carboxylic acids is 1. The van der Waals surface area contributed by atoms with Crippen molar-refractivity contribution in [3.05, 3.63) is 35.0 Å². The van der Waals surface area contributed by atoms with Crippen molar-refractivity contribution >= 4 is 27.3 Å². The molecule has 0 aliphatic rings. The minimum Gasteiger partial charge on any atom is -0.341 e. The highest BCUT2D eigenvalue weighted by Crippen LogP contribution is 2.28. The molecule has 0 saturated heterocycles. The van der Waals surface area contributed by atoms with E-state index in [2.05, 4.69) is 0 Å². The van der Waals surface area contributed by atoms with Crippen molar-refractivity contribution < 1.29 is 9.18 Å². The third kappa shape index (κ3) is 1.80. The van der Waals surface area contributed by atoms with Gasteiger partial charge in [-0.15, -0.1) is 11.3 Å². The summed E-state index contributed by atoms with van der Waals surface area (Å²) < 4.78 is 14.2. The summed E-state index contributed by atoms with van der Waals surface area (Å²) in [6, 6.07) is 6.52. The highest BCUT2D eigenvalue weighted by molar-refractivity contribution is 7.20. The van der Waals surface area contributed by atoms with Gasteiger partial charge in [0.05, 0.1) is 4.88 Å². The normalized spacial score (nSPS) is 10.7. The topological polar surface area (TPSA) is 20.3 Å². The molecule has 0 saturated carbocycles. The number of carbonyl (C=O) groups is 1. The van der Waals surface area contributed by atoms with Crippen molar-refractivity contribution in [1.29, 1.82) is 0 Å². The number of rotatable bonds is 2. The highest BCUT2D eigenvalue weighted by Gasteiger charge is 2.14. The lowest BCUT2D eigenvalue weighted by atomic mass is 10.2. The first-order valence-corrected chi connectivity index (χ1v) is 5.88. The molecular weight excluding hydrogens is 225 g/mol. The molecule has 0 aliphatic heterocycles. The van der Waals surface area contributed by atoms with Crippen LogP contribution in [0, 0.1) is 5.82 Å². The van der Waals surface area contributed by atoms with Gasteiger partial charge in [-0.3, -0.25) is 4.79 Å². The van der Waals surface area contributed by atoms with E-state index in [9.17, 15) is 9.18 Å². The molecule has 0 fully saturated rings. The van der Waals surface area contributed by atoms with E-state index in [-0.39, 0.29) is 11.7 Å². The Hall–Kier alpha value is -1.42. The second-order valence-electron chi connectivity index (χ2n) is 3.58. The summed E-state index contributed by atoms with van der Waals surface area (Å²) >= 11 is 1.33. The Labute approximate surface area is 97.3 Å². The van der Waals surface area contributed by atoms with E-state index in [0.29, 0.717) is 16.8 Å². The van der Waals surface area contributed by atoms with Crippen LogP contribution >= 0.6 is 11.3 Å². The van der Waals surface area contributed by atoms with Crippen LogP contribution in [0.2, 0.25) is 0 Å². The van der Waals surface area contributed by atoms with Crippen LogP contribution in [0.1, 0.15) is 16.6 Å². The average molecular weight is 237 g/mol. The van der Waals surface area contributed by atoms with E-state index in [4.69, 9.17) is 0 Å². The molecule has 1 aromatic heterocycles. The summed E-state index contributed by atoms with van der Waals surface area (Å²) in [6.07, 6.45) is 0. The SMILES string of the molecule is CCN(C)C(=O)c1cc2c(F)cccc2s1. The van der Waals surface area contributed by atoms with E-state index in [0.717, 1.165) is 4.70 Å². The fourth-order valence-corrected chi connectivity index (χ4v) is 2.53. The van der Waals surface area contributed by atoms with E-state index in [1.165, 1.54) is 17.4 Å². The molecule has 0 unspecified atom stereocenters. The van der Waals surface area contributed by atoms with Gasteiger partial charge in [0.25, 0.3) is 5.91 Å². The summed E-state index contributed by atoms with van der Waals surface area (Å²) in [4.78, 5) is 14.1. The van der Waals surface area contributed by atoms with Crippen LogP contribution < -0.4 is 0 Å². The van der Waals surface area contributed by atoms with Crippen molar-refractivity contribution in [2.24, 2.45) is 0 Å². The maximum absolute atomic E-state index is 13.4. The molecule has 2 aromatic rings. The monoisotopic (exact) mass is 237 g/mol. The Kier molecular flexibility index (Phi) is 2.92. The lowest BCUT2D eigenvalue weighted by Crippen LogP contribution is -2.25. The summed E-state index contributed by atoms with van der Waals surface area (Å²) in [7, 11) is 1.74. The van der Waals surface area contributed by atoms with Gasteiger partial charge in [-0.1, -0.05) is 6.07 Å². The molecule has 1 heterocycles. The van der Waals surface area contributed by atoms with Gasteiger partial charge in [-0.05, 0) is 25.1 Å². The van der Waals surface area contributed by atoms with Crippen molar-refractivity contribution in [2.45, 2.75) is 6.92 Å². The van der Waals surface area contributed by atoms with Crippen LogP contribution in [-0.2, 0) is 0 Å². The minimum absolute atomic E-state index is 0.0527. The number of thiophene rings is 1. The maximum atomic E-state index is 13.4. The lowest BCUT2D eigenvalue weighted by Gasteiger charge is -2.12. The lowest BCUT2D eigenvalue weighted by molar-refractivity contribution is 0.0807. The molecule has 16 heavy (non-hydrogen) atoms. The van der Waals surface area contributed by atoms with Gasteiger partial charge in [0.15, 0.2) is 0 Å². The van der Waals surface area contributed by atoms with E-state index >= 15 is 0 Å². The molecule has 0 spiro atoms. The van der Waals surface area contributed by atoms with E-state index in [1.54, 1.807) is 24.1 Å². The fraction of sp³-hybridized carbons (Fsp3) is 0.250. The zero-order valence-corrected chi connectivity index (χ0v) is 9.97. The van der Waals surface area contributed by atoms with Gasteiger partial charge in [0.2, 0.25) is 0 Å². The summed E-state index contributed by atoms with van der Waals surface area (Å²) in [6.45, 7) is 2.56. The van der Waals surface area contributed by atoms with Gasteiger partial charge < -0.3 is 4.90 Å². The van der Waals surface area contributed by atoms with Crippen LogP contribution in [0.15, 0.2) is 24.3 Å². The van der Waals surface area contributed by atoms with Crippen molar-refractivity contribution in [1.82, 2.24) is 4.90 Å². The molecular formula is C12H12FNOS. The Bertz CT molecular complexity index is 535. The number of amides is 1. The van der Waals surface area contributed by atoms with Gasteiger partial charge in [-0.2, -0.15) is 0 Å². The quantitative estimate of drug-likeness (QED) is 0.785. The van der Waals surface area contributed by atoms with E-state index in [1.807, 2.05) is 13.0 Å². The predicted molar refractivity (Wildman–Crippen MR) is 64.4 cm³/mol. The maximum Gasteiger partial charge on any atom is 0.263 e. The molecule has 0 aliphatic carbocycles. The Morgan fingerprint density at radius 2 is 2.25 bits per heavy atom. The standard InChI is InChI=1S/C12H12FNOS/c1-3-14(2)12(15)11-7-8-9(13)5-4-6-10(8)16-11/h4-7H,3H2,1-2H3.